The molecule has 0 saturated heterocycles. The lowest BCUT2D eigenvalue weighted by Crippen LogP contribution is -2.32. The van der Waals surface area contributed by atoms with E-state index in [1.54, 1.807) is 0 Å². The summed E-state index contributed by atoms with van der Waals surface area (Å²) in [6.07, 6.45) is 0. The summed E-state index contributed by atoms with van der Waals surface area (Å²) in [5, 5.41) is -0.932. The highest BCUT2D eigenvalue weighted by molar-refractivity contribution is 6.79. The van der Waals surface area contributed by atoms with Gasteiger partial charge in [0.1, 0.15) is 0 Å². The van der Waals surface area contributed by atoms with Gasteiger partial charge < -0.3 is 0 Å². The molecule has 0 bridgehead atoms. The van der Waals surface area contributed by atoms with Gasteiger partial charge in [-0.1, -0.05) is 116 Å². The van der Waals surface area contributed by atoms with Gasteiger partial charge in [0, 0.05) is 0 Å². The SMILES string of the molecule is Cl/C(=C(/Cl)C(Cl)(Cl)C(Cl)(Cl)Cl)C(Cl)(Cl)Cl. The van der Waals surface area contributed by atoms with Gasteiger partial charge in [-0.25, -0.2) is 0 Å². The minimum Gasteiger partial charge on any atom is -0.0904 e. The second-order valence-corrected chi connectivity index (χ2v) is 8.84. The first-order valence-electron chi connectivity index (χ1n) is 2.89. The van der Waals surface area contributed by atoms with E-state index in [-0.39, 0.29) is 0 Å². The zero-order valence-corrected chi connectivity index (χ0v) is 13.8. The van der Waals surface area contributed by atoms with E-state index in [0.29, 0.717) is 0 Å². The fraction of sp³-hybridized carbons (Fsp3) is 0.600. The molecule has 0 aromatic rings. The molecule has 10 heteroatoms. The summed E-state index contributed by atoms with van der Waals surface area (Å²) in [7, 11) is 0. The number of halogens is 10. The maximum absolute atomic E-state index is 5.68. The van der Waals surface area contributed by atoms with Crippen LogP contribution in [-0.2, 0) is 0 Å². The smallest absolute Gasteiger partial charge is 0.0904 e. The molecule has 0 unspecified atom stereocenters. The predicted molar refractivity (Wildman–Crippen MR) is 73.7 cm³/mol. The molecule has 0 aromatic heterocycles. The third kappa shape index (κ3) is 4.67. The second-order valence-electron chi connectivity index (χ2n) is 2.20. The quantitative estimate of drug-likeness (QED) is 0.425. The molecule has 0 N–H and O–H groups in total. The number of hydrogen-bond acceptors (Lipinski definition) is 0. The van der Waals surface area contributed by atoms with Crippen molar-refractivity contribution in [2.45, 2.75) is 11.9 Å². The van der Waals surface area contributed by atoms with E-state index in [1.165, 1.54) is 0 Å². The Balaban J connectivity index is 5.44. The van der Waals surface area contributed by atoms with Crippen LogP contribution in [0.25, 0.3) is 0 Å². The van der Waals surface area contributed by atoms with Crippen LogP contribution in [0.2, 0.25) is 0 Å². The van der Waals surface area contributed by atoms with Crippen LogP contribution in [0.15, 0.2) is 10.1 Å². The lowest BCUT2D eigenvalue weighted by molar-refractivity contribution is 0.962. The molecule has 0 saturated carbocycles. The van der Waals surface area contributed by atoms with E-state index in [0.717, 1.165) is 0 Å². The van der Waals surface area contributed by atoms with Crippen molar-refractivity contribution in [3.8, 4) is 0 Å². The predicted octanol–water partition coefficient (Wildman–Crippen LogP) is 6.59. The van der Waals surface area contributed by atoms with Crippen LogP contribution in [-0.4, -0.2) is 11.9 Å². The normalized spacial score (nSPS) is 16.4. The van der Waals surface area contributed by atoms with Gasteiger partial charge in [-0.05, 0) is 0 Å². The van der Waals surface area contributed by atoms with Crippen molar-refractivity contribution in [2.24, 2.45) is 0 Å². The van der Waals surface area contributed by atoms with Gasteiger partial charge in [0.2, 0.25) is 11.9 Å². The minimum absolute atomic E-state index is 0.453. The fourth-order valence-corrected chi connectivity index (χ4v) is 1.95. The van der Waals surface area contributed by atoms with Crippen LogP contribution in [0.3, 0.4) is 0 Å². The molecule has 0 radical (unpaired) electrons. The molecule has 0 heterocycles. The van der Waals surface area contributed by atoms with Gasteiger partial charge in [0.15, 0.2) is 0 Å². The maximum Gasteiger partial charge on any atom is 0.228 e. The van der Waals surface area contributed by atoms with Gasteiger partial charge in [0.05, 0.1) is 10.1 Å². The lowest BCUT2D eigenvalue weighted by Gasteiger charge is -2.28. The molecule has 90 valence electrons. The standard InChI is InChI=1S/C5Cl10/c6-1(2(7)4(10,11)12)3(8,9)5(13,14)15/b2-1+. The third-order valence-corrected chi connectivity index (χ3v) is 5.54. The molecule has 0 fully saturated rings. The number of rotatable bonds is 1. The Morgan fingerprint density at radius 3 is 1.13 bits per heavy atom. The highest BCUT2D eigenvalue weighted by Gasteiger charge is 2.51. The monoisotopic (exact) mass is 410 g/mol. The van der Waals surface area contributed by atoms with E-state index >= 15 is 0 Å². The number of alkyl halides is 8. The van der Waals surface area contributed by atoms with Gasteiger partial charge in [-0.15, -0.1) is 0 Å². The highest BCUT2D eigenvalue weighted by atomic mass is 35.6. The van der Waals surface area contributed by atoms with E-state index in [2.05, 4.69) is 0 Å². The minimum atomic E-state index is -2.14. The summed E-state index contributed by atoms with van der Waals surface area (Å²) in [5.41, 5.74) is 0. The average molecular weight is 415 g/mol. The molecule has 0 aliphatic rings. The first-order chi connectivity index (χ1) is 6.32. The van der Waals surface area contributed by atoms with E-state index in [4.69, 9.17) is 116 Å². The van der Waals surface area contributed by atoms with Crippen molar-refractivity contribution in [2.75, 3.05) is 0 Å². The molecule has 0 aliphatic carbocycles. The summed E-state index contributed by atoms with van der Waals surface area (Å²) in [6.45, 7) is 0. The molecule has 0 nitrogen and oxygen atoms in total. The second kappa shape index (κ2) is 5.74. The molecule has 0 spiro atoms. The van der Waals surface area contributed by atoms with Crippen molar-refractivity contribution < 1.29 is 0 Å². The van der Waals surface area contributed by atoms with Crippen molar-refractivity contribution in [1.82, 2.24) is 0 Å². The summed E-state index contributed by atoms with van der Waals surface area (Å²) in [4.78, 5) is 0. The molecule has 15 heavy (non-hydrogen) atoms. The van der Waals surface area contributed by atoms with Gasteiger partial charge in [-0.2, -0.15) is 0 Å². The van der Waals surface area contributed by atoms with Crippen LogP contribution in [0.5, 0.6) is 0 Å². The van der Waals surface area contributed by atoms with Crippen LogP contribution in [0.1, 0.15) is 0 Å². The number of hydrogen-bond donors (Lipinski definition) is 0. The Bertz CT molecular complexity index is 265. The van der Waals surface area contributed by atoms with Crippen LogP contribution in [0.4, 0.5) is 0 Å². The van der Waals surface area contributed by atoms with Gasteiger partial charge >= 0.3 is 0 Å². The molecule has 0 amide bonds. The molecular weight excluding hydrogens is 415 g/mol. The van der Waals surface area contributed by atoms with E-state index < -0.39 is 22.0 Å². The largest absolute Gasteiger partial charge is 0.228 e. The number of allylic oxidation sites excluding steroid dienone is 2. The Morgan fingerprint density at radius 1 is 0.600 bits per heavy atom. The topological polar surface area (TPSA) is 0 Å². The summed E-state index contributed by atoms with van der Waals surface area (Å²) >= 11 is 55.4. The lowest BCUT2D eigenvalue weighted by atomic mass is 10.4. The van der Waals surface area contributed by atoms with Gasteiger partial charge in [-0.3, -0.25) is 0 Å². The maximum atomic E-state index is 5.68. The molecule has 0 aromatic carbocycles. The van der Waals surface area contributed by atoms with Crippen molar-refractivity contribution in [3.05, 3.63) is 10.1 Å². The Labute approximate surface area is 137 Å². The highest BCUT2D eigenvalue weighted by Crippen LogP contribution is 2.55. The average Bonchev–Trinajstić information content (AvgIpc) is 1.97. The summed E-state index contributed by atoms with van der Waals surface area (Å²) in [6, 6.07) is 0. The van der Waals surface area contributed by atoms with E-state index in [1.807, 2.05) is 0 Å². The zero-order chi connectivity index (χ0) is 12.7. The first-order valence-corrected chi connectivity index (χ1v) is 6.67. The molecule has 0 rings (SSSR count). The van der Waals surface area contributed by atoms with Crippen molar-refractivity contribution in [3.63, 3.8) is 0 Å². The Kier molecular flexibility index (Phi) is 6.74. The van der Waals surface area contributed by atoms with E-state index in [9.17, 15) is 0 Å². The fourth-order valence-electron chi connectivity index (χ4n) is 0.387. The third-order valence-electron chi connectivity index (χ3n) is 1.07. The molecular formula is C5Cl10. The van der Waals surface area contributed by atoms with Crippen LogP contribution >= 0.6 is 116 Å². The Hall–Kier alpha value is 2.64. The zero-order valence-electron chi connectivity index (χ0n) is 6.28. The van der Waals surface area contributed by atoms with Crippen molar-refractivity contribution in [1.29, 1.82) is 0 Å². The van der Waals surface area contributed by atoms with Crippen molar-refractivity contribution >= 4 is 116 Å². The van der Waals surface area contributed by atoms with Crippen LogP contribution < -0.4 is 0 Å². The van der Waals surface area contributed by atoms with Crippen LogP contribution in [0, 0.1) is 0 Å². The Morgan fingerprint density at radius 2 is 0.933 bits per heavy atom. The molecule has 0 aliphatic heterocycles. The summed E-state index contributed by atoms with van der Waals surface area (Å²) in [5.74, 6) is 0. The molecule has 0 atom stereocenters. The summed E-state index contributed by atoms with van der Waals surface area (Å²) < 4.78 is -6.27. The first kappa shape index (κ1) is 17.6. The van der Waals surface area contributed by atoms with Gasteiger partial charge in [0.25, 0.3) is 0 Å².